The number of nitrogens with zero attached hydrogens (tertiary/aromatic N) is 2. The largest absolute Gasteiger partial charge is 0.573 e. The van der Waals surface area contributed by atoms with Crippen LogP contribution in [0.5, 0.6) is 5.75 Å². The molecular weight excluding hydrogens is 804 g/mol. The fourth-order valence-corrected chi connectivity index (χ4v) is 9.28. The van der Waals surface area contributed by atoms with Crippen molar-refractivity contribution in [1.82, 2.24) is 0 Å². The van der Waals surface area contributed by atoms with Gasteiger partial charge in [-0.2, -0.15) is 0 Å². The molecule has 2 aromatic heterocycles. The summed E-state index contributed by atoms with van der Waals surface area (Å²) >= 11 is 0. The molecule has 4 heterocycles. The van der Waals surface area contributed by atoms with Crippen LogP contribution in [-0.4, -0.2) is 13.1 Å². The molecule has 64 heavy (non-hydrogen) atoms. The lowest BCUT2D eigenvalue weighted by molar-refractivity contribution is -0.274. The maximum absolute atomic E-state index is 15.2. The van der Waals surface area contributed by atoms with Crippen molar-refractivity contribution >= 4 is 79.4 Å². The maximum atomic E-state index is 15.2. The van der Waals surface area contributed by atoms with Crippen molar-refractivity contribution in [2.24, 2.45) is 0 Å². The second-order valence-electron chi connectivity index (χ2n) is 21.6. The van der Waals surface area contributed by atoms with Gasteiger partial charge in [-0.05, 0) is 86.8 Å². The average Bonchev–Trinajstić information content (AvgIpc) is 3.93. The first-order chi connectivity index (χ1) is 36.0. The van der Waals surface area contributed by atoms with E-state index in [1.165, 1.54) is 0 Å². The van der Waals surface area contributed by atoms with Crippen molar-refractivity contribution in [3.8, 4) is 5.75 Å². The standard InChI is InChI=1S/C55H58BF3N2O3/c1-50(2,3)31-19-21-34(22-20-31)61-42-28-35(64-55(57,58)59)27-41-45(42)56(49-46(61)37-25-32(51(4,5)6)26-38(47(37)63-49)52(7,8)9)39-29-36-43(30-40(39)60(41)33-17-15-14-16-18-33)62-48-44(36)53(10,11)23-24-54(48,12)13/h14-22,25-30H,23-24H2,1-13H3/i14D,15D,16D,17D,18D,19D,20D,21D,22D,25D,26D,27D,28D,29D,30D. The van der Waals surface area contributed by atoms with E-state index in [-0.39, 0.29) is 73.6 Å². The van der Waals surface area contributed by atoms with E-state index in [1.54, 1.807) is 62.3 Å². The van der Waals surface area contributed by atoms with Gasteiger partial charge in [-0.3, -0.25) is 0 Å². The number of benzene rings is 5. The Labute approximate surface area is 396 Å². The van der Waals surface area contributed by atoms with Crippen molar-refractivity contribution in [1.29, 1.82) is 0 Å². The Morgan fingerprint density at radius 1 is 0.641 bits per heavy atom. The Bertz CT molecular complexity index is 3860. The van der Waals surface area contributed by atoms with E-state index in [9.17, 15) is 16.4 Å². The number of hydrogen-bond acceptors (Lipinski definition) is 5. The molecule has 330 valence electrons. The van der Waals surface area contributed by atoms with Gasteiger partial charge in [0.1, 0.15) is 22.7 Å². The highest BCUT2D eigenvalue weighted by molar-refractivity contribution is 7.00. The SMILES string of the molecule is [2H]c1c([2H])c([2H])c(N2c3c([2H])c(OC(F)(F)F)c([2H])c4c3B(c3oc5c(C(C)(C)C)c([2H])c(C(C)(C)C)c([2H])c5c3N4c3c([2H])c([2H])c(C(C)(C)C)c([2H])c3[2H])c3c2c([2H])c2oc4c(c2c3[2H])C(C)(C)CCC4(C)C)c([2H])c1[2H]. The summed E-state index contributed by atoms with van der Waals surface area (Å²) in [5.41, 5.74) is -8.25. The van der Waals surface area contributed by atoms with Crippen molar-refractivity contribution in [3.05, 3.63) is 119 Å². The number of hydrogen-bond donors (Lipinski definition) is 0. The predicted octanol–water partition coefficient (Wildman–Crippen LogP) is 14.4. The molecule has 5 nitrogen and oxygen atoms in total. The molecule has 0 fully saturated rings. The lowest BCUT2D eigenvalue weighted by atomic mass is 9.35. The van der Waals surface area contributed by atoms with Crippen LogP contribution < -0.4 is 31.1 Å². The van der Waals surface area contributed by atoms with Gasteiger partial charge in [-0.1, -0.05) is 132 Å². The molecule has 0 spiro atoms. The van der Waals surface area contributed by atoms with Gasteiger partial charge >= 0.3 is 6.36 Å². The van der Waals surface area contributed by atoms with E-state index < -0.39 is 152 Å². The molecule has 0 unspecified atom stereocenters. The van der Waals surface area contributed by atoms with Crippen LogP contribution in [0.1, 0.15) is 151 Å². The average molecular weight is 878 g/mol. The highest BCUT2D eigenvalue weighted by Crippen LogP contribution is 2.54. The van der Waals surface area contributed by atoms with Crippen molar-refractivity contribution < 1.29 is 47.3 Å². The first-order valence-corrected chi connectivity index (χ1v) is 21.5. The second kappa shape index (κ2) is 13.5. The highest BCUT2D eigenvalue weighted by atomic mass is 19.4. The van der Waals surface area contributed by atoms with Gasteiger partial charge in [0.25, 0.3) is 6.71 Å². The Balaban J connectivity index is 1.58. The van der Waals surface area contributed by atoms with Crippen molar-refractivity contribution in [2.45, 2.75) is 136 Å². The molecule has 0 radical (unpaired) electrons. The molecule has 2 aliphatic heterocycles. The first-order valence-electron chi connectivity index (χ1n) is 29.0. The summed E-state index contributed by atoms with van der Waals surface area (Å²) in [7, 11) is 0. The molecule has 0 saturated heterocycles. The Kier molecular flexibility index (Phi) is 5.98. The summed E-state index contributed by atoms with van der Waals surface area (Å²) in [5, 5.41) is 0.0311. The molecule has 9 heteroatoms. The summed E-state index contributed by atoms with van der Waals surface area (Å²) in [4.78, 5) is 1.84. The van der Waals surface area contributed by atoms with Crippen LogP contribution in [0.15, 0.2) is 99.5 Å². The smallest absolute Gasteiger partial charge is 0.468 e. The molecule has 0 amide bonds. The van der Waals surface area contributed by atoms with Crippen LogP contribution in [0.25, 0.3) is 21.9 Å². The normalized spacial score (nSPS) is 20.1. The highest BCUT2D eigenvalue weighted by Gasteiger charge is 2.50. The lowest BCUT2D eigenvalue weighted by Gasteiger charge is -2.42. The monoisotopic (exact) mass is 878 g/mol. The molecule has 1 aliphatic carbocycles. The quantitative estimate of drug-likeness (QED) is 0.165. The molecule has 3 aliphatic rings. The molecule has 0 N–H and O–H groups in total. The summed E-state index contributed by atoms with van der Waals surface area (Å²) in [6, 6.07) is -11.0. The van der Waals surface area contributed by atoms with Gasteiger partial charge in [0.05, 0.1) is 31.9 Å². The molecule has 7 aromatic rings. The predicted molar refractivity (Wildman–Crippen MR) is 258 cm³/mol. The minimum absolute atomic E-state index is 0.0409. The zero-order chi connectivity index (χ0) is 58.9. The summed E-state index contributed by atoms with van der Waals surface area (Å²) < 4.78 is 209. The van der Waals surface area contributed by atoms with Crippen LogP contribution in [0, 0.1) is 0 Å². The molecule has 5 aromatic carbocycles. The Hall–Kier alpha value is -5.57. The Morgan fingerprint density at radius 2 is 1.25 bits per heavy atom. The molecule has 0 saturated carbocycles. The van der Waals surface area contributed by atoms with E-state index in [4.69, 9.17) is 12.9 Å². The second-order valence-corrected chi connectivity index (χ2v) is 21.6. The van der Waals surface area contributed by atoms with Crippen LogP contribution in [-0.2, 0) is 27.1 Å². The van der Waals surface area contributed by atoms with Gasteiger partial charge < -0.3 is 23.4 Å². The third kappa shape index (κ3) is 6.57. The third-order valence-electron chi connectivity index (χ3n) is 12.7. The number of rotatable bonds is 3. The van der Waals surface area contributed by atoms with E-state index in [1.807, 2.05) is 27.7 Å². The van der Waals surface area contributed by atoms with Crippen LogP contribution in [0.4, 0.5) is 47.3 Å². The van der Waals surface area contributed by atoms with Gasteiger partial charge in [0, 0.05) is 73.9 Å². The van der Waals surface area contributed by atoms with Crippen LogP contribution >= 0.6 is 0 Å². The van der Waals surface area contributed by atoms with Gasteiger partial charge in [0.15, 0.2) is 0 Å². The van der Waals surface area contributed by atoms with Crippen LogP contribution in [0.3, 0.4) is 0 Å². The number of furan rings is 2. The topological polar surface area (TPSA) is 42.0 Å². The summed E-state index contributed by atoms with van der Waals surface area (Å²) in [5.74, 6) is -1.08. The zero-order valence-corrected chi connectivity index (χ0v) is 38.2. The first kappa shape index (κ1) is 28.4. The van der Waals surface area contributed by atoms with Gasteiger partial charge in [-0.15, -0.1) is 13.2 Å². The number of para-hydroxylation sites is 1. The van der Waals surface area contributed by atoms with Gasteiger partial charge in [0.2, 0.25) is 0 Å². The zero-order valence-electron chi connectivity index (χ0n) is 53.2. The van der Waals surface area contributed by atoms with Gasteiger partial charge in [-0.25, -0.2) is 0 Å². The van der Waals surface area contributed by atoms with E-state index >= 15 is 13.2 Å². The maximum Gasteiger partial charge on any atom is 0.573 e. The molecule has 10 rings (SSSR count). The minimum Gasteiger partial charge on any atom is -0.468 e. The van der Waals surface area contributed by atoms with E-state index in [0.717, 1.165) is 9.80 Å². The van der Waals surface area contributed by atoms with Crippen molar-refractivity contribution in [3.63, 3.8) is 0 Å². The van der Waals surface area contributed by atoms with E-state index in [0.29, 0.717) is 24.2 Å². The third-order valence-corrected chi connectivity index (χ3v) is 12.7. The fourth-order valence-electron chi connectivity index (χ4n) is 9.28. The summed E-state index contributed by atoms with van der Waals surface area (Å²) in [6.45, 7) is 21.8. The molecule has 0 atom stereocenters. The Morgan fingerprint density at radius 3 is 1.86 bits per heavy atom. The number of halogens is 3. The molecule has 0 bridgehead atoms. The molecular formula is C55H58BF3N2O3. The number of fused-ring (bicyclic) bond motifs is 9. The summed E-state index contributed by atoms with van der Waals surface area (Å²) in [6.07, 6.45) is -4.45. The number of anilines is 6. The van der Waals surface area contributed by atoms with E-state index in [2.05, 4.69) is 4.74 Å². The fraction of sp³-hybridized carbons (Fsp3) is 0.382. The lowest BCUT2D eigenvalue weighted by Crippen LogP contribution is -2.61. The minimum atomic E-state index is -5.65. The van der Waals surface area contributed by atoms with Crippen molar-refractivity contribution in [2.75, 3.05) is 9.80 Å². The number of alkyl halides is 3. The van der Waals surface area contributed by atoms with Crippen LogP contribution in [0.2, 0.25) is 0 Å². The number of ether oxygens (including phenoxy) is 1.